The van der Waals surface area contributed by atoms with Crippen LogP contribution in [0.15, 0.2) is 30.6 Å². The number of aryl methyl sites for hydroxylation is 1. The summed E-state index contributed by atoms with van der Waals surface area (Å²) in [5.41, 5.74) is 1.33. The molecule has 0 unspecified atom stereocenters. The molecule has 1 aromatic heterocycles. The molecule has 0 bridgehead atoms. The molecule has 15 heavy (non-hydrogen) atoms. The number of carbonyl (C=O) groups is 1. The molecule has 2 rings (SSSR count). The zero-order chi connectivity index (χ0) is 10.8. The van der Waals surface area contributed by atoms with Crippen LogP contribution in [0.1, 0.15) is 22.8 Å². The van der Waals surface area contributed by atoms with E-state index in [0.29, 0.717) is 5.56 Å². The normalized spacial score (nSPS) is 10.5. The van der Waals surface area contributed by atoms with Gasteiger partial charge in [0.2, 0.25) is 0 Å². The lowest BCUT2D eigenvalue weighted by Crippen LogP contribution is -1.99. The van der Waals surface area contributed by atoms with E-state index in [-0.39, 0.29) is 0 Å². The summed E-state index contributed by atoms with van der Waals surface area (Å²) in [6.45, 7) is 2.00. The SMILES string of the molecule is CCc1cncc2cccc(C(=O)O)c12. The maximum Gasteiger partial charge on any atom is 0.336 e. The number of carboxylic acid groups (broad SMARTS) is 1. The smallest absolute Gasteiger partial charge is 0.336 e. The first-order valence-corrected chi connectivity index (χ1v) is 4.83. The summed E-state index contributed by atoms with van der Waals surface area (Å²) in [5.74, 6) is -0.887. The predicted molar refractivity (Wildman–Crippen MR) is 58.1 cm³/mol. The summed E-state index contributed by atoms with van der Waals surface area (Å²) in [6.07, 6.45) is 4.21. The Hall–Kier alpha value is -1.90. The van der Waals surface area contributed by atoms with Gasteiger partial charge in [0.05, 0.1) is 5.56 Å². The van der Waals surface area contributed by atoms with Gasteiger partial charge in [0, 0.05) is 23.2 Å². The Labute approximate surface area is 87.4 Å². The van der Waals surface area contributed by atoms with Crippen molar-refractivity contribution in [1.29, 1.82) is 0 Å². The van der Waals surface area contributed by atoms with Crippen molar-refractivity contribution in [2.24, 2.45) is 0 Å². The van der Waals surface area contributed by atoms with E-state index < -0.39 is 5.97 Å². The highest BCUT2D eigenvalue weighted by molar-refractivity contribution is 6.04. The standard InChI is InChI=1S/C12H11NO2/c1-2-8-6-13-7-9-4-3-5-10(11(8)9)12(14)15/h3-7H,2H2,1H3,(H,14,15). The largest absolute Gasteiger partial charge is 0.478 e. The number of carboxylic acids is 1. The Bertz CT molecular complexity index is 515. The summed E-state index contributed by atoms with van der Waals surface area (Å²) >= 11 is 0. The molecule has 0 saturated carbocycles. The third kappa shape index (κ3) is 1.56. The molecule has 3 heteroatoms. The molecule has 1 heterocycles. The third-order valence-electron chi connectivity index (χ3n) is 2.47. The van der Waals surface area contributed by atoms with E-state index in [1.165, 1.54) is 0 Å². The Kier molecular flexibility index (Phi) is 2.37. The van der Waals surface area contributed by atoms with Gasteiger partial charge in [-0.3, -0.25) is 4.98 Å². The highest BCUT2D eigenvalue weighted by atomic mass is 16.4. The van der Waals surface area contributed by atoms with Gasteiger partial charge in [0.15, 0.2) is 0 Å². The molecule has 0 fully saturated rings. The van der Waals surface area contributed by atoms with Gasteiger partial charge in [-0.1, -0.05) is 19.1 Å². The monoisotopic (exact) mass is 201 g/mol. The van der Waals surface area contributed by atoms with Gasteiger partial charge >= 0.3 is 5.97 Å². The lowest BCUT2D eigenvalue weighted by atomic mass is 10.0. The molecule has 0 radical (unpaired) electrons. The van der Waals surface area contributed by atoms with Crippen molar-refractivity contribution in [3.63, 3.8) is 0 Å². The van der Waals surface area contributed by atoms with Crippen molar-refractivity contribution >= 4 is 16.7 Å². The van der Waals surface area contributed by atoms with Crippen LogP contribution in [-0.4, -0.2) is 16.1 Å². The van der Waals surface area contributed by atoms with E-state index in [2.05, 4.69) is 4.98 Å². The Morgan fingerprint density at radius 3 is 2.87 bits per heavy atom. The molecule has 0 saturated heterocycles. The van der Waals surface area contributed by atoms with Gasteiger partial charge in [-0.2, -0.15) is 0 Å². The average molecular weight is 201 g/mol. The Morgan fingerprint density at radius 1 is 1.40 bits per heavy atom. The number of pyridine rings is 1. The number of hydrogen-bond donors (Lipinski definition) is 1. The van der Waals surface area contributed by atoms with E-state index in [4.69, 9.17) is 5.11 Å². The summed E-state index contributed by atoms with van der Waals surface area (Å²) < 4.78 is 0. The fraction of sp³-hybridized carbons (Fsp3) is 0.167. The van der Waals surface area contributed by atoms with Crippen LogP contribution in [0.4, 0.5) is 0 Å². The van der Waals surface area contributed by atoms with E-state index in [0.717, 1.165) is 22.8 Å². The van der Waals surface area contributed by atoms with Crippen molar-refractivity contribution in [1.82, 2.24) is 4.98 Å². The lowest BCUT2D eigenvalue weighted by molar-refractivity contribution is 0.0699. The molecular formula is C12H11NO2. The van der Waals surface area contributed by atoms with Crippen LogP contribution < -0.4 is 0 Å². The molecule has 2 aromatic rings. The zero-order valence-electron chi connectivity index (χ0n) is 8.40. The number of aromatic nitrogens is 1. The molecule has 1 N–H and O–H groups in total. The molecule has 76 valence electrons. The van der Waals surface area contributed by atoms with Crippen LogP contribution >= 0.6 is 0 Å². The summed E-state index contributed by atoms with van der Waals surface area (Å²) in [5, 5.41) is 10.8. The second-order valence-electron chi connectivity index (χ2n) is 3.36. The maximum absolute atomic E-state index is 11.1. The second-order valence-corrected chi connectivity index (χ2v) is 3.36. The molecule has 0 spiro atoms. The van der Waals surface area contributed by atoms with E-state index in [9.17, 15) is 4.79 Å². The first-order valence-electron chi connectivity index (χ1n) is 4.83. The highest BCUT2D eigenvalue weighted by Crippen LogP contribution is 2.22. The molecule has 1 aromatic carbocycles. The fourth-order valence-corrected chi connectivity index (χ4v) is 1.75. The van der Waals surface area contributed by atoms with E-state index in [1.807, 2.05) is 13.0 Å². The van der Waals surface area contributed by atoms with Crippen molar-refractivity contribution in [3.05, 3.63) is 41.7 Å². The van der Waals surface area contributed by atoms with Gasteiger partial charge < -0.3 is 5.11 Å². The average Bonchev–Trinajstić information content (AvgIpc) is 2.27. The summed E-state index contributed by atoms with van der Waals surface area (Å²) in [4.78, 5) is 15.2. The van der Waals surface area contributed by atoms with Crippen molar-refractivity contribution in [2.45, 2.75) is 13.3 Å². The van der Waals surface area contributed by atoms with Crippen LogP contribution in [0.2, 0.25) is 0 Å². The number of hydrogen-bond acceptors (Lipinski definition) is 2. The van der Waals surface area contributed by atoms with Gasteiger partial charge in [-0.25, -0.2) is 4.79 Å². The first-order chi connectivity index (χ1) is 7.24. The topological polar surface area (TPSA) is 50.2 Å². The summed E-state index contributed by atoms with van der Waals surface area (Å²) in [6, 6.07) is 5.25. The number of benzene rings is 1. The van der Waals surface area contributed by atoms with Crippen molar-refractivity contribution in [3.8, 4) is 0 Å². The van der Waals surface area contributed by atoms with Crippen molar-refractivity contribution < 1.29 is 9.90 Å². The van der Waals surface area contributed by atoms with Gasteiger partial charge in [0.25, 0.3) is 0 Å². The second kappa shape index (κ2) is 3.69. The Balaban J connectivity index is 2.87. The number of nitrogens with zero attached hydrogens (tertiary/aromatic N) is 1. The van der Waals surface area contributed by atoms with Crippen LogP contribution in [0.25, 0.3) is 10.8 Å². The van der Waals surface area contributed by atoms with Gasteiger partial charge in [-0.15, -0.1) is 0 Å². The van der Waals surface area contributed by atoms with Crippen LogP contribution in [0.5, 0.6) is 0 Å². The number of rotatable bonds is 2. The van der Waals surface area contributed by atoms with E-state index >= 15 is 0 Å². The molecule has 0 amide bonds. The molecular weight excluding hydrogens is 190 g/mol. The number of aromatic carboxylic acids is 1. The quantitative estimate of drug-likeness (QED) is 0.812. The molecule has 0 aliphatic carbocycles. The molecule has 0 atom stereocenters. The zero-order valence-corrected chi connectivity index (χ0v) is 8.40. The number of fused-ring (bicyclic) bond motifs is 1. The Morgan fingerprint density at radius 2 is 2.20 bits per heavy atom. The highest BCUT2D eigenvalue weighted by Gasteiger charge is 2.10. The molecule has 0 aliphatic heterocycles. The predicted octanol–water partition coefficient (Wildman–Crippen LogP) is 2.50. The first kappa shape index (κ1) is 9.65. The van der Waals surface area contributed by atoms with Gasteiger partial charge in [0.1, 0.15) is 0 Å². The minimum absolute atomic E-state index is 0.353. The third-order valence-corrected chi connectivity index (χ3v) is 2.47. The van der Waals surface area contributed by atoms with Crippen LogP contribution in [0.3, 0.4) is 0 Å². The van der Waals surface area contributed by atoms with E-state index in [1.54, 1.807) is 24.5 Å². The van der Waals surface area contributed by atoms with Gasteiger partial charge in [-0.05, 0) is 18.1 Å². The minimum atomic E-state index is -0.887. The van der Waals surface area contributed by atoms with Crippen molar-refractivity contribution in [2.75, 3.05) is 0 Å². The minimum Gasteiger partial charge on any atom is -0.478 e. The maximum atomic E-state index is 11.1. The molecule has 3 nitrogen and oxygen atoms in total. The summed E-state index contributed by atoms with van der Waals surface area (Å²) in [7, 11) is 0. The van der Waals surface area contributed by atoms with Crippen LogP contribution in [0, 0.1) is 0 Å². The fourth-order valence-electron chi connectivity index (χ4n) is 1.75. The van der Waals surface area contributed by atoms with Crippen LogP contribution in [-0.2, 0) is 6.42 Å². The lowest BCUT2D eigenvalue weighted by Gasteiger charge is -2.06. The molecule has 0 aliphatic rings.